The number of nitrogens with two attached hydrogens (primary N) is 2. The van der Waals surface area contributed by atoms with Gasteiger partial charge >= 0.3 is 0 Å². The Morgan fingerprint density at radius 2 is 0.867 bits per heavy atom. The van der Waals surface area contributed by atoms with E-state index in [-0.39, 0.29) is 22.5 Å². The van der Waals surface area contributed by atoms with Crippen molar-refractivity contribution in [3.63, 3.8) is 0 Å². The monoisotopic (exact) mass is 462 g/mol. The second-order valence-electron chi connectivity index (χ2n) is 7.14. The lowest BCUT2D eigenvalue weighted by Crippen LogP contribution is -2.06. The molecule has 170 valence electrons. The topological polar surface area (TPSA) is 167 Å². The van der Waals surface area contributed by atoms with E-state index in [9.17, 15) is 25.9 Å². The van der Waals surface area contributed by atoms with Gasteiger partial charge in [0.05, 0.1) is 0 Å². The van der Waals surface area contributed by atoms with Gasteiger partial charge in [-0.05, 0) is 66.6 Å². The lowest BCUT2D eigenvalue weighted by Gasteiger charge is -2.12. The Morgan fingerprint density at radius 1 is 0.633 bits per heavy atom. The molecule has 0 amide bonds. The van der Waals surface area contributed by atoms with E-state index in [0.717, 1.165) is 12.1 Å². The molecule has 0 heterocycles. The minimum absolute atomic E-state index is 0.0558. The molecule has 0 aliphatic rings. The van der Waals surface area contributed by atoms with Crippen LogP contribution in [0.4, 0.5) is 11.4 Å². The Balaban J connectivity index is 0.000000901. The second-order valence-corrected chi connectivity index (χ2v) is 9.92. The van der Waals surface area contributed by atoms with Gasteiger partial charge in [0, 0.05) is 22.5 Å². The van der Waals surface area contributed by atoms with E-state index < -0.39 is 30.0 Å². The molecule has 6 N–H and O–H groups in total. The molecule has 0 spiro atoms. The van der Waals surface area contributed by atoms with Crippen LogP contribution in [-0.4, -0.2) is 78.0 Å². The Bertz CT molecular complexity index is 961. The Morgan fingerprint density at radius 3 is 1.07 bits per heavy atom. The van der Waals surface area contributed by atoms with Crippen molar-refractivity contribution in [3.05, 3.63) is 36.4 Å². The normalized spacial score (nSPS) is 11.4. The first-order chi connectivity index (χ1) is 13.5. The van der Waals surface area contributed by atoms with Crippen LogP contribution in [0.15, 0.2) is 46.2 Å². The van der Waals surface area contributed by atoms with Crippen LogP contribution in [0, 0.1) is 0 Å². The van der Waals surface area contributed by atoms with Crippen molar-refractivity contribution < 1.29 is 25.9 Å². The molecular formula is C18H30N4O6S2. The maximum absolute atomic E-state index is 11.5. The molecule has 0 unspecified atom stereocenters. The van der Waals surface area contributed by atoms with Gasteiger partial charge in [-0.15, -0.1) is 0 Å². The molecule has 0 atom stereocenters. The van der Waals surface area contributed by atoms with Crippen LogP contribution < -0.4 is 11.5 Å². The maximum atomic E-state index is 11.5. The first-order valence-electron chi connectivity index (χ1n) is 8.43. The van der Waals surface area contributed by atoms with Gasteiger partial charge in [-0.1, -0.05) is 12.1 Å². The summed E-state index contributed by atoms with van der Waals surface area (Å²) in [5.41, 5.74) is 10.8. The molecule has 0 saturated carbocycles. The third kappa shape index (κ3) is 10.0. The van der Waals surface area contributed by atoms with E-state index in [1.54, 1.807) is 0 Å². The highest BCUT2D eigenvalue weighted by molar-refractivity contribution is 7.86. The Hall–Kier alpha value is -2.22. The van der Waals surface area contributed by atoms with Crippen LogP contribution in [0.1, 0.15) is 0 Å². The highest BCUT2D eigenvalue weighted by Crippen LogP contribution is 2.34. The van der Waals surface area contributed by atoms with Crippen LogP contribution >= 0.6 is 0 Å². The van der Waals surface area contributed by atoms with Gasteiger partial charge in [0.15, 0.2) is 0 Å². The summed E-state index contributed by atoms with van der Waals surface area (Å²) in [5.74, 6) is 0. The van der Waals surface area contributed by atoms with Crippen molar-refractivity contribution in [1.82, 2.24) is 9.80 Å². The van der Waals surface area contributed by atoms with E-state index in [1.165, 1.54) is 24.3 Å². The van der Waals surface area contributed by atoms with Crippen molar-refractivity contribution in [3.8, 4) is 11.1 Å². The molecule has 2 aromatic rings. The maximum Gasteiger partial charge on any atom is 0.295 e. The van der Waals surface area contributed by atoms with Crippen LogP contribution in [-0.2, 0) is 20.2 Å². The third-order valence-electron chi connectivity index (χ3n) is 2.86. The fourth-order valence-corrected chi connectivity index (χ4v) is 3.43. The van der Waals surface area contributed by atoms with Crippen LogP contribution in [0.25, 0.3) is 11.1 Å². The first kappa shape index (κ1) is 27.8. The lowest BCUT2D eigenvalue weighted by atomic mass is 10.0. The largest absolute Gasteiger partial charge is 0.399 e. The summed E-state index contributed by atoms with van der Waals surface area (Å²) >= 11 is 0. The number of benzene rings is 2. The zero-order valence-corrected chi connectivity index (χ0v) is 19.5. The lowest BCUT2D eigenvalue weighted by molar-refractivity contribution is 0.480. The SMILES string of the molecule is CN(C)C.CN(C)C.Nc1ccc(-c2ccc(N)cc2S(=O)(=O)O)c(S(=O)(=O)O)c1. The van der Waals surface area contributed by atoms with Crippen LogP contribution in [0.5, 0.6) is 0 Å². The molecule has 2 rings (SSSR count). The first-order valence-corrected chi connectivity index (χ1v) is 11.3. The summed E-state index contributed by atoms with van der Waals surface area (Å²) in [6, 6.07) is 7.06. The van der Waals surface area contributed by atoms with Gasteiger partial charge in [-0.2, -0.15) is 16.8 Å². The molecule has 0 aliphatic heterocycles. The summed E-state index contributed by atoms with van der Waals surface area (Å²) in [6.45, 7) is 0. The van der Waals surface area contributed by atoms with Gasteiger partial charge < -0.3 is 21.3 Å². The summed E-state index contributed by atoms with van der Waals surface area (Å²) in [7, 11) is 2.67. The molecule has 0 fully saturated rings. The molecule has 0 aliphatic carbocycles. The van der Waals surface area contributed by atoms with E-state index in [1.807, 2.05) is 52.1 Å². The van der Waals surface area contributed by atoms with Crippen molar-refractivity contribution in [2.75, 3.05) is 53.8 Å². The molecular weight excluding hydrogens is 432 g/mol. The molecule has 0 radical (unpaired) electrons. The fraction of sp³-hybridized carbons (Fsp3) is 0.333. The smallest absolute Gasteiger partial charge is 0.295 e. The standard InChI is InChI=1S/C12H12N2O6S2.2C3H9N/c13-7-1-3-9(11(5-7)21(15,16)17)10-4-2-8(14)6-12(10)22(18,19)20;2*1-4(2)3/h1-6H,13-14H2,(H,15,16,17)(H,18,19,20);2*1-3H3. The highest BCUT2D eigenvalue weighted by Gasteiger charge is 2.23. The van der Waals surface area contributed by atoms with Crippen molar-refractivity contribution in [2.24, 2.45) is 0 Å². The van der Waals surface area contributed by atoms with Crippen LogP contribution in [0.3, 0.4) is 0 Å². The predicted octanol–water partition coefficient (Wildman–Crippen LogP) is 1.37. The molecule has 0 bridgehead atoms. The predicted molar refractivity (Wildman–Crippen MR) is 120 cm³/mol. The number of hydrogen-bond acceptors (Lipinski definition) is 8. The van der Waals surface area contributed by atoms with E-state index in [0.29, 0.717) is 0 Å². The molecule has 2 aromatic carbocycles. The van der Waals surface area contributed by atoms with E-state index in [2.05, 4.69) is 0 Å². The number of rotatable bonds is 3. The average molecular weight is 463 g/mol. The van der Waals surface area contributed by atoms with Gasteiger partial charge in [-0.25, -0.2) is 0 Å². The molecule has 0 aromatic heterocycles. The number of hydrogen-bond donors (Lipinski definition) is 4. The Labute approximate surface area is 178 Å². The van der Waals surface area contributed by atoms with Gasteiger partial charge in [-0.3, -0.25) is 9.11 Å². The minimum atomic E-state index is -4.66. The van der Waals surface area contributed by atoms with Crippen molar-refractivity contribution in [2.45, 2.75) is 9.79 Å². The molecule has 10 nitrogen and oxygen atoms in total. The molecule has 30 heavy (non-hydrogen) atoms. The average Bonchev–Trinajstić information content (AvgIpc) is 2.52. The van der Waals surface area contributed by atoms with Crippen LogP contribution in [0.2, 0.25) is 0 Å². The highest BCUT2D eigenvalue weighted by atomic mass is 32.2. The van der Waals surface area contributed by atoms with E-state index in [4.69, 9.17) is 11.5 Å². The quantitative estimate of drug-likeness (QED) is 0.386. The summed E-state index contributed by atoms with van der Waals surface area (Å²) in [5, 5.41) is 0. The third-order valence-corrected chi connectivity index (χ3v) is 4.64. The van der Waals surface area contributed by atoms with Gasteiger partial charge in [0.2, 0.25) is 0 Å². The fourth-order valence-electron chi connectivity index (χ4n) is 1.95. The van der Waals surface area contributed by atoms with E-state index >= 15 is 0 Å². The second kappa shape index (κ2) is 11.2. The Kier molecular flexibility index (Phi) is 10.4. The van der Waals surface area contributed by atoms with Crippen molar-refractivity contribution >= 4 is 31.6 Å². The molecule has 12 heteroatoms. The summed E-state index contributed by atoms with van der Waals surface area (Å²) in [6.07, 6.45) is 0. The summed E-state index contributed by atoms with van der Waals surface area (Å²) in [4.78, 5) is 2.84. The number of nitrogens with zero attached hydrogens (tertiary/aromatic N) is 2. The zero-order chi connectivity index (χ0) is 23.9. The van der Waals surface area contributed by atoms with Gasteiger partial charge in [0.1, 0.15) is 9.79 Å². The molecule has 0 saturated heterocycles. The van der Waals surface area contributed by atoms with Gasteiger partial charge in [0.25, 0.3) is 20.2 Å². The minimum Gasteiger partial charge on any atom is -0.399 e. The number of anilines is 2. The zero-order valence-electron chi connectivity index (χ0n) is 17.9. The summed E-state index contributed by atoms with van der Waals surface area (Å²) < 4.78 is 64.4. The van der Waals surface area contributed by atoms with Crippen molar-refractivity contribution in [1.29, 1.82) is 0 Å². The number of nitrogen functional groups attached to an aromatic ring is 2.